The number of phenols is 1. The van der Waals surface area contributed by atoms with Gasteiger partial charge in [-0.05, 0) is 29.8 Å². The molecule has 104 valence electrons. The van der Waals surface area contributed by atoms with E-state index in [4.69, 9.17) is 9.52 Å². The molecule has 6 nitrogen and oxygen atoms in total. The van der Waals surface area contributed by atoms with Crippen molar-refractivity contribution in [1.82, 2.24) is 5.32 Å². The van der Waals surface area contributed by atoms with Gasteiger partial charge in [0.1, 0.15) is 11.5 Å². The van der Waals surface area contributed by atoms with E-state index in [1.165, 1.54) is 24.3 Å². The summed E-state index contributed by atoms with van der Waals surface area (Å²) >= 11 is 0. The second-order valence-corrected chi connectivity index (χ2v) is 4.19. The summed E-state index contributed by atoms with van der Waals surface area (Å²) in [5, 5.41) is 20.6. The molecule has 0 saturated carbocycles. The van der Waals surface area contributed by atoms with E-state index in [0.717, 1.165) is 0 Å². The lowest BCUT2D eigenvalue weighted by Gasteiger charge is -2.04. The molecule has 1 aromatic carbocycles. The molecule has 0 aliphatic carbocycles. The van der Waals surface area contributed by atoms with E-state index in [9.17, 15) is 14.7 Å². The summed E-state index contributed by atoms with van der Waals surface area (Å²) in [6.07, 6.45) is 0.126. The first-order valence-electron chi connectivity index (χ1n) is 5.91. The number of benzene rings is 1. The minimum absolute atomic E-state index is 0.104. The maximum absolute atomic E-state index is 11.7. The van der Waals surface area contributed by atoms with Crippen molar-refractivity contribution in [2.75, 3.05) is 0 Å². The van der Waals surface area contributed by atoms with Crippen LogP contribution in [0.2, 0.25) is 0 Å². The van der Waals surface area contributed by atoms with Gasteiger partial charge in [-0.3, -0.25) is 4.79 Å². The van der Waals surface area contributed by atoms with Crippen molar-refractivity contribution in [2.24, 2.45) is 0 Å². The third-order valence-electron chi connectivity index (χ3n) is 2.61. The zero-order valence-electron chi connectivity index (χ0n) is 10.5. The Kier molecular flexibility index (Phi) is 4.05. The third-order valence-corrected chi connectivity index (χ3v) is 2.61. The first-order chi connectivity index (χ1) is 9.54. The number of hydrogen-bond donors (Lipinski definition) is 3. The zero-order chi connectivity index (χ0) is 14.5. The van der Waals surface area contributed by atoms with E-state index < -0.39 is 5.97 Å². The number of furan rings is 1. The van der Waals surface area contributed by atoms with E-state index >= 15 is 0 Å². The molecule has 0 atom stereocenters. The fraction of sp³-hybridized carbons (Fsp3) is 0.143. The van der Waals surface area contributed by atoms with Crippen molar-refractivity contribution < 1.29 is 24.2 Å². The molecular formula is C14H13NO5. The zero-order valence-corrected chi connectivity index (χ0v) is 10.5. The van der Waals surface area contributed by atoms with Gasteiger partial charge in [-0.2, -0.15) is 0 Å². The Bertz CT molecular complexity index is 632. The van der Waals surface area contributed by atoms with Gasteiger partial charge in [0.25, 0.3) is 0 Å². The fourth-order valence-corrected chi connectivity index (χ4v) is 1.69. The summed E-state index contributed by atoms with van der Waals surface area (Å²) in [4.78, 5) is 22.3. The van der Waals surface area contributed by atoms with Crippen molar-refractivity contribution in [3.05, 3.63) is 53.5 Å². The molecule has 0 spiro atoms. The molecule has 0 aliphatic rings. The lowest BCUT2D eigenvalue weighted by atomic mass is 10.1. The monoisotopic (exact) mass is 275 g/mol. The lowest BCUT2D eigenvalue weighted by molar-refractivity contribution is -0.120. The van der Waals surface area contributed by atoms with Crippen LogP contribution in [-0.2, 0) is 17.8 Å². The normalized spacial score (nSPS) is 10.2. The molecule has 0 radical (unpaired) electrons. The van der Waals surface area contributed by atoms with Gasteiger partial charge in [-0.15, -0.1) is 0 Å². The average Bonchev–Trinajstić information content (AvgIpc) is 2.85. The quantitative estimate of drug-likeness (QED) is 0.768. The first-order valence-corrected chi connectivity index (χ1v) is 5.91. The second-order valence-electron chi connectivity index (χ2n) is 4.19. The van der Waals surface area contributed by atoms with Crippen LogP contribution in [-0.4, -0.2) is 22.1 Å². The molecule has 20 heavy (non-hydrogen) atoms. The fourth-order valence-electron chi connectivity index (χ4n) is 1.69. The van der Waals surface area contributed by atoms with Crippen LogP contribution in [0.15, 0.2) is 40.8 Å². The van der Waals surface area contributed by atoms with Gasteiger partial charge in [0.15, 0.2) is 0 Å². The predicted octanol–water partition coefficient (Wildman–Crippen LogP) is 1.54. The highest BCUT2D eigenvalue weighted by Gasteiger charge is 2.10. The van der Waals surface area contributed by atoms with Gasteiger partial charge in [0.2, 0.25) is 11.7 Å². The smallest absolute Gasteiger partial charge is 0.371 e. The summed E-state index contributed by atoms with van der Waals surface area (Å²) in [5.41, 5.74) is 0.688. The minimum atomic E-state index is -1.15. The number of aromatic carboxylic acids is 1. The molecule has 1 heterocycles. The van der Waals surface area contributed by atoms with Gasteiger partial charge >= 0.3 is 5.97 Å². The lowest BCUT2D eigenvalue weighted by Crippen LogP contribution is -2.24. The van der Waals surface area contributed by atoms with Crippen LogP contribution in [0.5, 0.6) is 5.75 Å². The molecular weight excluding hydrogens is 262 g/mol. The summed E-state index contributed by atoms with van der Waals surface area (Å²) < 4.78 is 5.01. The van der Waals surface area contributed by atoms with E-state index in [2.05, 4.69) is 5.32 Å². The standard InChI is InChI=1S/C14H13NO5/c16-10-3-1-2-9(6-10)7-13(17)15-8-11-4-5-12(20-11)14(18)19/h1-6,16H,7-8H2,(H,15,17)(H,18,19). The largest absolute Gasteiger partial charge is 0.508 e. The molecule has 3 N–H and O–H groups in total. The summed E-state index contributed by atoms with van der Waals surface area (Å²) in [7, 11) is 0. The molecule has 2 rings (SSSR count). The maximum Gasteiger partial charge on any atom is 0.371 e. The predicted molar refractivity (Wildman–Crippen MR) is 69.3 cm³/mol. The Balaban J connectivity index is 1.87. The number of hydrogen-bond acceptors (Lipinski definition) is 4. The van der Waals surface area contributed by atoms with Crippen LogP contribution >= 0.6 is 0 Å². The molecule has 0 unspecified atom stereocenters. The van der Waals surface area contributed by atoms with Crippen molar-refractivity contribution in [1.29, 1.82) is 0 Å². The summed E-state index contributed by atoms with van der Waals surface area (Å²) in [6.45, 7) is 0.116. The number of carboxylic acid groups (broad SMARTS) is 1. The molecule has 1 aromatic heterocycles. The van der Waals surface area contributed by atoms with Gasteiger partial charge in [-0.25, -0.2) is 4.79 Å². The molecule has 0 fully saturated rings. The maximum atomic E-state index is 11.7. The molecule has 0 saturated heterocycles. The molecule has 0 bridgehead atoms. The van der Waals surface area contributed by atoms with Crippen LogP contribution in [0.4, 0.5) is 0 Å². The summed E-state index contributed by atoms with van der Waals surface area (Å²) in [5.74, 6) is -1.09. The highest BCUT2D eigenvalue weighted by atomic mass is 16.4. The van der Waals surface area contributed by atoms with Crippen molar-refractivity contribution >= 4 is 11.9 Å². The van der Waals surface area contributed by atoms with Crippen LogP contribution < -0.4 is 5.32 Å². The number of amides is 1. The molecule has 6 heteroatoms. The molecule has 1 amide bonds. The Labute approximate surface area is 114 Å². The Morgan fingerprint density at radius 1 is 1.20 bits per heavy atom. The Hall–Kier alpha value is -2.76. The number of rotatable bonds is 5. The SMILES string of the molecule is O=C(Cc1cccc(O)c1)NCc1ccc(C(=O)O)o1. The number of phenolic OH excluding ortho intramolecular Hbond substituents is 1. The first kappa shape index (κ1) is 13.7. The van der Waals surface area contributed by atoms with E-state index in [1.807, 2.05) is 0 Å². The molecule has 0 aliphatic heterocycles. The van der Waals surface area contributed by atoms with Gasteiger partial charge in [0.05, 0.1) is 13.0 Å². The molecule has 2 aromatic rings. The number of carbonyl (C=O) groups excluding carboxylic acids is 1. The highest BCUT2D eigenvalue weighted by molar-refractivity contribution is 5.84. The van der Waals surface area contributed by atoms with Crippen LogP contribution in [0.25, 0.3) is 0 Å². The van der Waals surface area contributed by atoms with E-state index in [0.29, 0.717) is 11.3 Å². The van der Waals surface area contributed by atoms with Gasteiger partial charge in [-0.1, -0.05) is 12.1 Å². The average molecular weight is 275 g/mol. The van der Waals surface area contributed by atoms with Crippen LogP contribution in [0, 0.1) is 0 Å². The number of carbonyl (C=O) groups is 2. The highest BCUT2D eigenvalue weighted by Crippen LogP contribution is 2.11. The van der Waals surface area contributed by atoms with Gasteiger partial charge in [0, 0.05) is 0 Å². The minimum Gasteiger partial charge on any atom is -0.508 e. The van der Waals surface area contributed by atoms with Crippen LogP contribution in [0.1, 0.15) is 21.9 Å². The second kappa shape index (κ2) is 5.92. The van der Waals surface area contributed by atoms with Crippen molar-refractivity contribution in [2.45, 2.75) is 13.0 Å². The summed E-state index contributed by atoms with van der Waals surface area (Å²) in [6, 6.07) is 9.25. The third kappa shape index (κ3) is 3.61. The number of nitrogens with one attached hydrogen (secondary N) is 1. The topological polar surface area (TPSA) is 99.8 Å². The van der Waals surface area contributed by atoms with Crippen molar-refractivity contribution in [3.8, 4) is 5.75 Å². The van der Waals surface area contributed by atoms with Crippen LogP contribution in [0.3, 0.4) is 0 Å². The Morgan fingerprint density at radius 2 is 2.00 bits per heavy atom. The van der Waals surface area contributed by atoms with E-state index in [-0.39, 0.29) is 30.4 Å². The number of aromatic hydroxyl groups is 1. The Morgan fingerprint density at radius 3 is 2.65 bits per heavy atom. The van der Waals surface area contributed by atoms with Gasteiger partial charge < -0.3 is 19.9 Å². The number of carboxylic acids is 1. The van der Waals surface area contributed by atoms with E-state index in [1.54, 1.807) is 12.1 Å². The van der Waals surface area contributed by atoms with Crippen molar-refractivity contribution in [3.63, 3.8) is 0 Å².